The van der Waals surface area contributed by atoms with Crippen LogP contribution in [0.3, 0.4) is 0 Å². The molecule has 0 aliphatic heterocycles. The smallest absolute Gasteiger partial charge is 0.267 e. The monoisotopic (exact) mass is 402 g/mol. The molecule has 1 aromatic carbocycles. The van der Waals surface area contributed by atoms with Gasteiger partial charge in [-0.25, -0.2) is 14.4 Å². The molecule has 0 unspecified atom stereocenters. The van der Waals surface area contributed by atoms with Gasteiger partial charge in [0.05, 0.1) is 16.9 Å². The molecule has 0 radical (unpaired) electrons. The topological polar surface area (TPSA) is 126 Å². The number of halogens is 2. The fourth-order valence-corrected chi connectivity index (χ4v) is 2.69. The Kier molecular flexibility index (Phi) is 5.55. The van der Waals surface area contributed by atoms with E-state index in [1.165, 1.54) is 31.3 Å². The van der Waals surface area contributed by atoms with Crippen LogP contribution in [-0.4, -0.2) is 26.8 Å². The van der Waals surface area contributed by atoms with E-state index in [1.807, 2.05) is 0 Å². The normalized spacial score (nSPS) is 10.5. The van der Waals surface area contributed by atoms with Gasteiger partial charge in [-0.1, -0.05) is 17.7 Å². The van der Waals surface area contributed by atoms with E-state index in [9.17, 15) is 14.0 Å². The highest BCUT2D eigenvalue weighted by atomic mass is 35.5. The van der Waals surface area contributed by atoms with Gasteiger partial charge in [-0.05, 0) is 23.8 Å². The van der Waals surface area contributed by atoms with Crippen molar-refractivity contribution >= 4 is 35.1 Å². The zero-order valence-corrected chi connectivity index (χ0v) is 15.5. The van der Waals surface area contributed by atoms with Crippen LogP contribution in [0.4, 0.5) is 16.0 Å². The average Bonchev–Trinajstić information content (AvgIpc) is 3.13. The van der Waals surface area contributed by atoms with Gasteiger partial charge < -0.3 is 21.4 Å². The van der Waals surface area contributed by atoms with Crippen LogP contribution in [0.1, 0.15) is 23.0 Å². The first-order valence-electron chi connectivity index (χ1n) is 8.14. The van der Waals surface area contributed by atoms with Crippen LogP contribution in [0.2, 0.25) is 5.02 Å². The molecule has 10 heteroatoms. The Morgan fingerprint density at radius 3 is 2.82 bits per heavy atom. The third-order valence-corrected chi connectivity index (χ3v) is 4.05. The van der Waals surface area contributed by atoms with Crippen molar-refractivity contribution in [2.24, 2.45) is 0 Å². The first kappa shape index (κ1) is 19.3. The van der Waals surface area contributed by atoms with E-state index in [4.69, 9.17) is 17.3 Å². The minimum absolute atomic E-state index is 0.0132. The number of H-pyrrole nitrogens is 1. The number of hydrogen-bond donors (Lipinski definition) is 4. The second-order valence-corrected chi connectivity index (χ2v) is 6.31. The summed E-state index contributed by atoms with van der Waals surface area (Å²) in [4.78, 5) is 34.6. The Labute approximate surface area is 164 Å². The molecule has 0 saturated heterocycles. The van der Waals surface area contributed by atoms with Crippen LogP contribution in [0, 0.1) is 5.82 Å². The number of rotatable bonds is 5. The number of nitrogen functional groups attached to an aromatic ring is 1. The Hall–Kier alpha value is -3.46. The molecule has 144 valence electrons. The van der Waals surface area contributed by atoms with E-state index in [-0.39, 0.29) is 35.0 Å². The van der Waals surface area contributed by atoms with Gasteiger partial charge in [0.2, 0.25) is 11.9 Å². The quantitative estimate of drug-likeness (QED) is 0.522. The van der Waals surface area contributed by atoms with Gasteiger partial charge in [0.1, 0.15) is 17.2 Å². The Bertz CT molecular complexity index is 1050. The van der Waals surface area contributed by atoms with Crippen molar-refractivity contribution in [3.05, 3.63) is 58.8 Å². The number of aromatic nitrogens is 3. The lowest BCUT2D eigenvalue weighted by atomic mass is 10.2. The molecule has 0 aliphatic rings. The van der Waals surface area contributed by atoms with Gasteiger partial charge in [0.25, 0.3) is 5.91 Å². The van der Waals surface area contributed by atoms with Crippen LogP contribution >= 0.6 is 11.6 Å². The molecular formula is C18H16ClFN6O2. The summed E-state index contributed by atoms with van der Waals surface area (Å²) in [5.74, 6) is -1.16. The molecule has 2 aromatic heterocycles. The largest absolute Gasteiger partial charge is 0.368 e. The summed E-state index contributed by atoms with van der Waals surface area (Å²) >= 11 is 5.73. The molecule has 2 amide bonds. The molecular weight excluding hydrogens is 387 g/mol. The number of carbonyl (C=O) groups is 2. The van der Waals surface area contributed by atoms with Crippen LogP contribution in [-0.2, 0) is 11.3 Å². The lowest BCUT2D eigenvalue weighted by molar-refractivity contribution is -0.114. The molecule has 2 heterocycles. The van der Waals surface area contributed by atoms with Crippen LogP contribution in [0.25, 0.3) is 11.3 Å². The molecule has 0 fully saturated rings. The van der Waals surface area contributed by atoms with Gasteiger partial charge >= 0.3 is 0 Å². The summed E-state index contributed by atoms with van der Waals surface area (Å²) in [5, 5.41) is 5.31. The molecule has 0 saturated carbocycles. The van der Waals surface area contributed by atoms with E-state index >= 15 is 0 Å². The van der Waals surface area contributed by atoms with Gasteiger partial charge in [-0.3, -0.25) is 9.59 Å². The summed E-state index contributed by atoms with van der Waals surface area (Å²) in [5.41, 5.74) is 7.86. The standard InChI is InChI=1S/C18H16ClFN6O2/c1-9(27)25-15-8-24-18(21)26-16(15)11-5-14(22-7-11)17(28)23-6-10-2-3-13(20)12(19)4-10/h2-5,7-8,22H,6H2,1H3,(H,23,28)(H,25,27)(H2,21,24,26). The average molecular weight is 403 g/mol. The SMILES string of the molecule is CC(=O)Nc1cnc(N)nc1-c1c[nH]c(C(=O)NCc2ccc(F)c(Cl)c2)c1. The lowest BCUT2D eigenvalue weighted by Crippen LogP contribution is -2.23. The second kappa shape index (κ2) is 8.05. The van der Waals surface area contributed by atoms with Crippen molar-refractivity contribution in [3.8, 4) is 11.3 Å². The molecule has 0 aliphatic carbocycles. The highest BCUT2D eigenvalue weighted by Crippen LogP contribution is 2.26. The maximum absolute atomic E-state index is 13.2. The first-order valence-corrected chi connectivity index (χ1v) is 8.52. The Morgan fingerprint density at radius 2 is 2.11 bits per heavy atom. The van der Waals surface area contributed by atoms with Gasteiger partial charge in [0.15, 0.2) is 0 Å². The molecule has 0 atom stereocenters. The highest BCUT2D eigenvalue weighted by Gasteiger charge is 2.15. The fourth-order valence-electron chi connectivity index (χ4n) is 2.49. The number of nitrogens with one attached hydrogen (secondary N) is 3. The maximum Gasteiger partial charge on any atom is 0.267 e. The summed E-state index contributed by atoms with van der Waals surface area (Å²) < 4.78 is 13.2. The molecule has 3 aromatic rings. The number of nitrogens with two attached hydrogens (primary N) is 1. The van der Waals surface area contributed by atoms with Gasteiger partial charge in [0, 0.05) is 25.2 Å². The number of nitrogens with zero attached hydrogens (tertiary/aromatic N) is 2. The maximum atomic E-state index is 13.2. The predicted molar refractivity (Wildman–Crippen MR) is 103 cm³/mol. The predicted octanol–water partition coefficient (Wildman–Crippen LogP) is 2.73. The summed E-state index contributed by atoms with van der Waals surface area (Å²) in [6.45, 7) is 1.53. The fraction of sp³-hybridized carbons (Fsp3) is 0.111. The number of benzene rings is 1. The summed E-state index contributed by atoms with van der Waals surface area (Å²) in [6.07, 6.45) is 2.96. The van der Waals surface area contributed by atoms with Gasteiger partial charge in [-0.15, -0.1) is 0 Å². The van der Waals surface area contributed by atoms with E-state index < -0.39 is 5.82 Å². The number of amides is 2. The Balaban J connectivity index is 1.76. The molecule has 28 heavy (non-hydrogen) atoms. The number of aromatic amines is 1. The van der Waals surface area contributed by atoms with Crippen molar-refractivity contribution < 1.29 is 14.0 Å². The van der Waals surface area contributed by atoms with E-state index in [2.05, 4.69) is 25.6 Å². The second-order valence-electron chi connectivity index (χ2n) is 5.90. The third kappa shape index (κ3) is 4.44. The Morgan fingerprint density at radius 1 is 1.32 bits per heavy atom. The minimum atomic E-state index is -0.523. The molecule has 3 rings (SSSR count). The van der Waals surface area contributed by atoms with Crippen molar-refractivity contribution in [3.63, 3.8) is 0 Å². The molecule has 8 nitrogen and oxygen atoms in total. The summed E-state index contributed by atoms with van der Waals surface area (Å²) in [6, 6.07) is 5.78. The van der Waals surface area contributed by atoms with Gasteiger partial charge in [-0.2, -0.15) is 0 Å². The zero-order chi connectivity index (χ0) is 20.3. The molecule has 0 bridgehead atoms. The van der Waals surface area contributed by atoms with Crippen molar-refractivity contribution in [1.82, 2.24) is 20.3 Å². The summed E-state index contributed by atoms with van der Waals surface area (Å²) in [7, 11) is 0. The number of carbonyl (C=O) groups excluding carboxylic acids is 2. The number of hydrogen-bond acceptors (Lipinski definition) is 5. The number of anilines is 2. The van der Waals surface area contributed by atoms with Crippen molar-refractivity contribution in [2.45, 2.75) is 13.5 Å². The minimum Gasteiger partial charge on any atom is -0.368 e. The van der Waals surface area contributed by atoms with Crippen LogP contribution in [0.15, 0.2) is 36.7 Å². The highest BCUT2D eigenvalue weighted by molar-refractivity contribution is 6.30. The first-order chi connectivity index (χ1) is 13.3. The van der Waals surface area contributed by atoms with E-state index in [1.54, 1.807) is 12.3 Å². The van der Waals surface area contributed by atoms with E-state index in [0.29, 0.717) is 22.5 Å². The lowest BCUT2D eigenvalue weighted by Gasteiger charge is -2.07. The van der Waals surface area contributed by atoms with Crippen molar-refractivity contribution in [1.29, 1.82) is 0 Å². The zero-order valence-electron chi connectivity index (χ0n) is 14.7. The van der Waals surface area contributed by atoms with Crippen LogP contribution < -0.4 is 16.4 Å². The molecule has 0 spiro atoms. The third-order valence-electron chi connectivity index (χ3n) is 3.76. The van der Waals surface area contributed by atoms with Crippen molar-refractivity contribution in [2.75, 3.05) is 11.1 Å². The van der Waals surface area contributed by atoms with Crippen LogP contribution in [0.5, 0.6) is 0 Å². The van der Waals surface area contributed by atoms with E-state index in [0.717, 1.165) is 0 Å². The molecule has 5 N–H and O–H groups in total.